The van der Waals surface area contributed by atoms with Crippen LogP contribution in [0.25, 0.3) is 6.08 Å². The third kappa shape index (κ3) is 3.39. The van der Waals surface area contributed by atoms with Gasteiger partial charge in [-0.3, -0.25) is 0 Å². The van der Waals surface area contributed by atoms with Crippen LogP contribution >= 0.6 is 15.9 Å². The van der Waals surface area contributed by atoms with Crippen molar-refractivity contribution in [1.82, 2.24) is 0 Å². The van der Waals surface area contributed by atoms with E-state index in [0.717, 1.165) is 16.3 Å². The average molecular weight is 406 g/mol. The normalized spacial score (nSPS) is 16.9. The van der Waals surface area contributed by atoms with Gasteiger partial charge in [-0.2, -0.15) is 0 Å². The van der Waals surface area contributed by atoms with Gasteiger partial charge < -0.3 is 4.74 Å². The highest BCUT2D eigenvalue weighted by Crippen LogP contribution is 2.40. The van der Waals surface area contributed by atoms with Crippen molar-refractivity contribution in [1.29, 1.82) is 0 Å². The second-order valence-corrected chi connectivity index (χ2v) is 8.23. The van der Waals surface area contributed by atoms with E-state index in [9.17, 15) is 8.42 Å². The molecule has 0 saturated heterocycles. The first kappa shape index (κ1) is 16.8. The zero-order chi connectivity index (χ0) is 17.3. The third-order valence-electron chi connectivity index (χ3n) is 3.59. The van der Waals surface area contributed by atoms with Crippen LogP contribution in [0, 0.1) is 0 Å². The van der Waals surface area contributed by atoms with E-state index in [1.54, 1.807) is 24.3 Å². The van der Waals surface area contributed by atoms with Crippen molar-refractivity contribution in [2.45, 2.75) is 6.23 Å². The molecular weight excluding hydrogens is 390 g/mol. The second-order valence-electron chi connectivity index (χ2n) is 5.46. The van der Waals surface area contributed by atoms with Gasteiger partial charge in [-0.05, 0) is 29.8 Å². The van der Waals surface area contributed by atoms with Crippen molar-refractivity contribution in [3.05, 3.63) is 76.8 Å². The van der Waals surface area contributed by atoms with Crippen molar-refractivity contribution in [3.63, 3.8) is 0 Å². The molecule has 0 aromatic heterocycles. The molecule has 0 fully saturated rings. The molecule has 0 amide bonds. The summed E-state index contributed by atoms with van der Waals surface area (Å²) in [4.78, 5) is 0. The predicted octanol–water partition coefficient (Wildman–Crippen LogP) is 4.20. The zero-order valence-electron chi connectivity index (χ0n) is 13.0. The summed E-state index contributed by atoms with van der Waals surface area (Å²) in [5, 5.41) is 0. The Morgan fingerprint density at radius 1 is 1.21 bits per heavy atom. The summed E-state index contributed by atoms with van der Waals surface area (Å²) < 4.78 is 32.5. The lowest BCUT2D eigenvalue weighted by Gasteiger charge is -2.23. The van der Waals surface area contributed by atoms with Gasteiger partial charge in [0, 0.05) is 10.0 Å². The van der Waals surface area contributed by atoms with Gasteiger partial charge in [0.15, 0.2) is 0 Å². The largest absolute Gasteiger partial charge is 0.463 e. The van der Waals surface area contributed by atoms with Gasteiger partial charge in [-0.1, -0.05) is 58.9 Å². The molecule has 2 aromatic rings. The first-order valence-electron chi connectivity index (χ1n) is 7.24. The number of benzene rings is 2. The molecule has 0 spiro atoms. The molecule has 0 saturated carbocycles. The van der Waals surface area contributed by atoms with Gasteiger partial charge in [0.1, 0.15) is 5.75 Å². The van der Waals surface area contributed by atoms with E-state index in [4.69, 9.17) is 4.74 Å². The summed E-state index contributed by atoms with van der Waals surface area (Å²) in [6.45, 7) is 3.99. The van der Waals surface area contributed by atoms with E-state index in [2.05, 4.69) is 22.5 Å². The maximum Gasteiger partial charge on any atom is 0.235 e. The first-order valence-corrected chi connectivity index (χ1v) is 9.88. The number of ether oxygens (including phenoxy) is 1. The van der Waals surface area contributed by atoms with Gasteiger partial charge in [-0.15, -0.1) is 0 Å². The molecule has 2 aromatic carbocycles. The van der Waals surface area contributed by atoms with Gasteiger partial charge >= 0.3 is 0 Å². The second kappa shape index (κ2) is 6.45. The Balaban J connectivity index is 1.88. The molecule has 4 nitrogen and oxygen atoms in total. The highest BCUT2D eigenvalue weighted by Gasteiger charge is 2.37. The van der Waals surface area contributed by atoms with Crippen molar-refractivity contribution in [2.75, 3.05) is 10.6 Å². The Morgan fingerprint density at radius 2 is 1.88 bits per heavy atom. The molecule has 1 aliphatic rings. The molecule has 6 heteroatoms. The topological polar surface area (TPSA) is 46.6 Å². The molecule has 0 radical (unpaired) electrons. The fourth-order valence-electron chi connectivity index (χ4n) is 2.47. The van der Waals surface area contributed by atoms with Crippen LogP contribution in [0.1, 0.15) is 5.56 Å². The minimum atomic E-state index is -3.49. The van der Waals surface area contributed by atoms with Crippen molar-refractivity contribution in [3.8, 4) is 5.75 Å². The lowest BCUT2D eigenvalue weighted by molar-refractivity contribution is 0.280. The number of fused-ring (bicyclic) bond motifs is 1. The van der Waals surface area contributed by atoms with E-state index < -0.39 is 16.3 Å². The minimum absolute atomic E-state index is 0.531. The summed E-state index contributed by atoms with van der Waals surface area (Å²) in [6, 6.07) is 14.8. The van der Waals surface area contributed by atoms with Crippen molar-refractivity contribution < 1.29 is 13.2 Å². The highest BCUT2D eigenvalue weighted by atomic mass is 79.9. The number of sulfonamides is 1. The highest BCUT2D eigenvalue weighted by molar-refractivity contribution is 9.10. The van der Waals surface area contributed by atoms with Crippen LogP contribution < -0.4 is 9.04 Å². The number of hydrogen-bond acceptors (Lipinski definition) is 3. The number of nitrogens with zero attached hydrogens (tertiary/aromatic N) is 1. The molecule has 0 aliphatic carbocycles. The standard InChI is InChI=1S/C18H16BrNO3S/c1-13(7-8-14-9-11-15(19)12-10-14)18-20(24(2,21)22)16-5-3-4-6-17(16)23-18/h3-12,18H,1H2,2H3/b8-7+. The zero-order valence-corrected chi connectivity index (χ0v) is 15.4. The minimum Gasteiger partial charge on any atom is -0.463 e. The van der Waals surface area contributed by atoms with Gasteiger partial charge in [0.05, 0.1) is 11.9 Å². The fourth-order valence-corrected chi connectivity index (χ4v) is 3.77. The molecule has 24 heavy (non-hydrogen) atoms. The van der Waals surface area contributed by atoms with E-state index in [-0.39, 0.29) is 0 Å². The Kier molecular flexibility index (Phi) is 4.51. The number of halogens is 1. The Bertz CT molecular complexity index is 904. The predicted molar refractivity (Wildman–Crippen MR) is 100 cm³/mol. The van der Waals surface area contributed by atoms with E-state index in [1.807, 2.05) is 36.4 Å². The monoisotopic (exact) mass is 405 g/mol. The maximum atomic E-state index is 12.2. The van der Waals surface area contributed by atoms with Crippen molar-refractivity contribution in [2.24, 2.45) is 0 Å². The maximum absolute atomic E-state index is 12.2. The number of rotatable bonds is 4. The lowest BCUT2D eigenvalue weighted by atomic mass is 10.1. The summed E-state index contributed by atoms with van der Waals surface area (Å²) in [6.07, 6.45) is 4.04. The molecule has 1 atom stereocenters. The van der Waals surface area contributed by atoms with Gasteiger partial charge in [0.2, 0.25) is 16.3 Å². The quantitative estimate of drug-likeness (QED) is 0.715. The Morgan fingerprint density at radius 3 is 2.54 bits per heavy atom. The molecule has 1 aliphatic heterocycles. The third-order valence-corrected chi connectivity index (χ3v) is 5.22. The lowest BCUT2D eigenvalue weighted by Crippen LogP contribution is -2.39. The van der Waals surface area contributed by atoms with E-state index in [1.165, 1.54) is 4.31 Å². The first-order chi connectivity index (χ1) is 11.4. The molecule has 0 N–H and O–H groups in total. The van der Waals surface area contributed by atoms with Crippen LogP contribution in [0.15, 0.2) is 71.2 Å². The Labute approximate surface area is 150 Å². The molecule has 3 rings (SSSR count). The van der Waals surface area contributed by atoms with Crippen LogP contribution in [0.2, 0.25) is 0 Å². The van der Waals surface area contributed by atoms with Crippen LogP contribution in [0.4, 0.5) is 5.69 Å². The summed E-state index contributed by atoms with van der Waals surface area (Å²) >= 11 is 3.39. The number of hydrogen-bond donors (Lipinski definition) is 0. The van der Waals surface area contributed by atoms with Crippen LogP contribution in [-0.4, -0.2) is 20.9 Å². The summed E-state index contributed by atoms with van der Waals surface area (Å²) in [5.74, 6) is 0.533. The number of para-hydroxylation sites is 2. The average Bonchev–Trinajstić information content (AvgIpc) is 2.93. The molecule has 124 valence electrons. The SMILES string of the molecule is C=C(/C=C/c1ccc(Br)cc1)C1Oc2ccccc2N1S(C)(=O)=O. The smallest absolute Gasteiger partial charge is 0.235 e. The van der Waals surface area contributed by atoms with Crippen LogP contribution in [0.5, 0.6) is 5.75 Å². The van der Waals surface area contributed by atoms with Gasteiger partial charge in [0.25, 0.3) is 0 Å². The molecular formula is C18H16BrNO3S. The Hall–Kier alpha value is -2.05. The number of anilines is 1. The van der Waals surface area contributed by atoms with Gasteiger partial charge in [-0.25, -0.2) is 12.7 Å². The van der Waals surface area contributed by atoms with Crippen molar-refractivity contribution >= 4 is 37.7 Å². The fraction of sp³-hybridized carbons (Fsp3) is 0.111. The summed E-state index contributed by atoms with van der Waals surface area (Å²) in [5.41, 5.74) is 2.07. The molecule has 1 heterocycles. The summed E-state index contributed by atoms with van der Waals surface area (Å²) in [7, 11) is -3.49. The van der Waals surface area contributed by atoms with Crippen LogP contribution in [0.3, 0.4) is 0 Å². The molecule has 0 bridgehead atoms. The van der Waals surface area contributed by atoms with Crippen LogP contribution in [-0.2, 0) is 10.0 Å². The van der Waals surface area contributed by atoms with E-state index >= 15 is 0 Å². The molecule has 1 unspecified atom stereocenters. The van der Waals surface area contributed by atoms with E-state index in [0.29, 0.717) is 17.0 Å².